The Labute approximate surface area is 89.1 Å². The van der Waals surface area contributed by atoms with Crippen molar-refractivity contribution >= 4 is 17.1 Å². The lowest BCUT2D eigenvalue weighted by molar-refractivity contribution is -0.123. The highest BCUT2D eigenvalue weighted by Gasteiger charge is 2.21. The summed E-state index contributed by atoms with van der Waals surface area (Å²) in [5.41, 5.74) is 5.88. The number of nitrogens with two attached hydrogens (primary N) is 1. The van der Waals surface area contributed by atoms with Gasteiger partial charge in [-0.25, -0.2) is 0 Å². The molecule has 14 heavy (non-hydrogen) atoms. The third-order valence-electron chi connectivity index (χ3n) is 2.36. The maximum absolute atomic E-state index is 11.8. The molecule has 2 nitrogen and oxygen atoms in total. The van der Waals surface area contributed by atoms with Crippen LogP contribution in [0.5, 0.6) is 0 Å². The van der Waals surface area contributed by atoms with Crippen molar-refractivity contribution in [3.63, 3.8) is 0 Å². The number of rotatable bonds is 5. The molecule has 1 heterocycles. The van der Waals surface area contributed by atoms with Gasteiger partial charge >= 0.3 is 0 Å². The molecule has 0 saturated heterocycles. The molecule has 2 atom stereocenters. The molecule has 0 aliphatic heterocycles. The summed E-state index contributed by atoms with van der Waals surface area (Å²) >= 11 is 1.55. The molecular weight excluding hydrogens is 194 g/mol. The summed E-state index contributed by atoms with van der Waals surface area (Å²) in [6.45, 7) is 4.04. The third-order valence-corrected chi connectivity index (χ3v) is 3.32. The minimum absolute atomic E-state index is 0.0806. The van der Waals surface area contributed by atoms with Crippen molar-refractivity contribution in [3.8, 4) is 0 Å². The van der Waals surface area contributed by atoms with E-state index in [0.717, 1.165) is 17.7 Å². The summed E-state index contributed by atoms with van der Waals surface area (Å²) < 4.78 is 0. The normalized spacial score (nSPS) is 15.1. The van der Waals surface area contributed by atoms with E-state index < -0.39 is 6.04 Å². The van der Waals surface area contributed by atoms with Crippen molar-refractivity contribution in [2.75, 3.05) is 0 Å². The first kappa shape index (κ1) is 11.4. The highest BCUT2D eigenvalue weighted by atomic mass is 32.1. The molecule has 0 bridgehead atoms. The molecule has 0 amide bonds. The van der Waals surface area contributed by atoms with Gasteiger partial charge in [0.2, 0.25) is 0 Å². The minimum Gasteiger partial charge on any atom is -0.317 e. The molecule has 0 aliphatic carbocycles. The molecule has 0 radical (unpaired) electrons. The van der Waals surface area contributed by atoms with Crippen molar-refractivity contribution in [1.82, 2.24) is 0 Å². The molecule has 0 saturated carbocycles. The van der Waals surface area contributed by atoms with Crippen molar-refractivity contribution in [2.45, 2.75) is 32.7 Å². The van der Waals surface area contributed by atoms with Gasteiger partial charge in [0.1, 0.15) is 0 Å². The van der Waals surface area contributed by atoms with Crippen LogP contribution in [0.1, 0.15) is 37.6 Å². The Morgan fingerprint density at radius 1 is 1.64 bits per heavy atom. The quantitative estimate of drug-likeness (QED) is 0.813. The topological polar surface area (TPSA) is 43.1 Å². The highest BCUT2D eigenvalue weighted by Crippen LogP contribution is 2.21. The zero-order chi connectivity index (χ0) is 10.6. The fourth-order valence-electron chi connectivity index (χ4n) is 1.49. The Morgan fingerprint density at radius 3 is 2.86 bits per heavy atom. The van der Waals surface area contributed by atoms with Gasteiger partial charge in [0.15, 0.2) is 5.78 Å². The maximum Gasteiger partial charge on any atom is 0.157 e. The lowest BCUT2D eigenvalue weighted by atomic mass is 9.95. The van der Waals surface area contributed by atoms with E-state index in [1.807, 2.05) is 24.4 Å². The standard InChI is InChI=1S/C11H17NOS/c1-3-5-8(2)11(13)10(12)9-6-4-7-14-9/h4,6-8,10H,3,5,12H2,1-2H3. The molecule has 1 aromatic rings. The number of carbonyl (C=O) groups excluding carboxylic acids is 1. The molecule has 3 heteroatoms. The average molecular weight is 211 g/mol. The predicted octanol–water partition coefficient (Wildman–Crippen LogP) is 2.75. The van der Waals surface area contributed by atoms with Gasteiger partial charge in [0.05, 0.1) is 6.04 Å². The monoisotopic (exact) mass is 211 g/mol. The number of thiophene rings is 1. The molecule has 2 N–H and O–H groups in total. The molecule has 1 aromatic heterocycles. The SMILES string of the molecule is CCCC(C)C(=O)C(N)c1cccs1. The first-order valence-corrected chi connectivity index (χ1v) is 5.87. The van der Waals surface area contributed by atoms with Crippen LogP contribution in [0.15, 0.2) is 17.5 Å². The average Bonchev–Trinajstić information content (AvgIpc) is 2.68. The summed E-state index contributed by atoms with van der Waals surface area (Å²) in [6, 6.07) is 3.43. The second kappa shape index (κ2) is 5.27. The first-order valence-electron chi connectivity index (χ1n) is 4.99. The van der Waals surface area contributed by atoms with Gasteiger partial charge in [-0.3, -0.25) is 4.79 Å². The van der Waals surface area contributed by atoms with E-state index in [4.69, 9.17) is 5.73 Å². The number of carbonyl (C=O) groups is 1. The maximum atomic E-state index is 11.8. The molecule has 0 aliphatic rings. The summed E-state index contributed by atoms with van der Waals surface area (Å²) in [4.78, 5) is 12.8. The molecule has 0 spiro atoms. The van der Waals surface area contributed by atoms with Crippen LogP contribution in [0.4, 0.5) is 0 Å². The molecule has 1 rings (SSSR count). The Kier molecular flexibility index (Phi) is 4.29. The molecule has 78 valence electrons. The highest BCUT2D eigenvalue weighted by molar-refractivity contribution is 7.10. The van der Waals surface area contributed by atoms with Crippen molar-refractivity contribution in [2.24, 2.45) is 11.7 Å². The van der Waals surface area contributed by atoms with E-state index in [0.29, 0.717) is 0 Å². The fraction of sp³-hybridized carbons (Fsp3) is 0.545. The fourth-order valence-corrected chi connectivity index (χ4v) is 2.22. The molecular formula is C11H17NOS. The first-order chi connectivity index (χ1) is 6.66. The van der Waals surface area contributed by atoms with Crippen LogP contribution >= 0.6 is 11.3 Å². The Hall–Kier alpha value is -0.670. The Bertz CT molecular complexity index is 281. The predicted molar refractivity (Wildman–Crippen MR) is 60.3 cm³/mol. The van der Waals surface area contributed by atoms with E-state index in [9.17, 15) is 4.79 Å². The van der Waals surface area contributed by atoms with Crippen molar-refractivity contribution in [3.05, 3.63) is 22.4 Å². The van der Waals surface area contributed by atoms with Gasteiger partial charge in [0.25, 0.3) is 0 Å². The van der Waals surface area contributed by atoms with E-state index in [2.05, 4.69) is 6.92 Å². The number of Topliss-reactive ketones (excluding diaryl/α,β-unsaturated/α-hetero) is 1. The van der Waals surface area contributed by atoms with Crippen LogP contribution in [0.25, 0.3) is 0 Å². The summed E-state index contributed by atoms with van der Waals surface area (Å²) in [5, 5.41) is 1.95. The van der Waals surface area contributed by atoms with E-state index in [1.165, 1.54) is 0 Å². The van der Waals surface area contributed by atoms with Gasteiger partial charge in [-0.2, -0.15) is 0 Å². The summed E-state index contributed by atoms with van der Waals surface area (Å²) in [7, 11) is 0. The van der Waals surface area contributed by atoms with Gasteiger partial charge in [-0.1, -0.05) is 26.3 Å². The summed E-state index contributed by atoms with van der Waals surface area (Å²) in [5.74, 6) is 0.242. The molecule has 0 aromatic carbocycles. The van der Waals surface area contributed by atoms with Gasteiger partial charge in [-0.15, -0.1) is 11.3 Å². The third kappa shape index (κ3) is 2.66. The lowest BCUT2D eigenvalue weighted by Crippen LogP contribution is -2.25. The number of hydrogen-bond donors (Lipinski definition) is 1. The van der Waals surface area contributed by atoms with E-state index >= 15 is 0 Å². The van der Waals surface area contributed by atoms with Gasteiger partial charge in [0, 0.05) is 10.8 Å². The smallest absolute Gasteiger partial charge is 0.157 e. The van der Waals surface area contributed by atoms with Gasteiger partial charge < -0.3 is 5.73 Å². The minimum atomic E-state index is -0.420. The Morgan fingerprint density at radius 2 is 2.36 bits per heavy atom. The van der Waals surface area contributed by atoms with Crippen LogP contribution in [0, 0.1) is 5.92 Å². The van der Waals surface area contributed by atoms with Crippen LogP contribution in [-0.4, -0.2) is 5.78 Å². The number of ketones is 1. The number of hydrogen-bond acceptors (Lipinski definition) is 3. The molecule has 0 fully saturated rings. The van der Waals surface area contributed by atoms with E-state index in [-0.39, 0.29) is 11.7 Å². The van der Waals surface area contributed by atoms with Gasteiger partial charge in [-0.05, 0) is 17.9 Å². The van der Waals surface area contributed by atoms with Crippen molar-refractivity contribution in [1.29, 1.82) is 0 Å². The second-order valence-electron chi connectivity index (χ2n) is 3.59. The lowest BCUT2D eigenvalue weighted by Gasteiger charge is -2.14. The van der Waals surface area contributed by atoms with E-state index in [1.54, 1.807) is 11.3 Å². The van der Waals surface area contributed by atoms with Crippen LogP contribution in [-0.2, 0) is 4.79 Å². The summed E-state index contributed by atoms with van der Waals surface area (Å²) in [6.07, 6.45) is 1.96. The molecule has 2 unspecified atom stereocenters. The van der Waals surface area contributed by atoms with Crippen LogP contribution in [0.3, 0.4) is 0 Å². The van der Waals surface area contributed by atoms with Crippen LogP contribution < -0.4 is 5.73 Å². The largest absolute Gasteiger partial charge is 0.317 e. The zero-order valence-electron chi connectivity index (χ0n) is 8.69. The van der Waals surface area contributed by atoms with Crippen molar-refractivity contribution < 1.29 is 4.79 Å². The van der Waals surface area contributed by atoms with Crippen LogP contribution in [0.2, 0.25) is 0 Å². The zero-order valence-corrected chi connectivity index (χ0v) is 9.51. The Balaban J connectivity index is 2.61. The second-order valence-corrected chi connectivity index (χ2v) is 4.56.